The molecule has 192 valence electrons. The molecule has 0 saturated carbocycles. The number of nitrogens with zero attached hydrogens (tertiary/aromatic N) is 5. The Kier molecular flexibility index (Phi) is 7.92. The number of β-amino-alcohol motifs (C(OH)–C–C–N with tert-alkyl or cyclic N) is 1. The molecule has 0 amide bonds. The third-order valence-corrected chi connectivity index (χ3v) is 6.49. The smallest absolute Gasteiger partial charge is 0.395 e. The van der Waals surface area contributed by atoms with Crippen molar-refractivity contribution >= 4 is 23.1 Å². The highest BCUT2D eigenvalue weighted by atomic mass is 19.4. The zero-order valence-corrected chi connectivity index (χ0v) is 19.7. The molecule has 0 spiro atoms. The van der Waals surface area contributed by atoms with Gasteiger partial charge in [-0.05, 0) is 38.1 Å². The summed E-state index contributed by atoms with van der Waals surface area (Å²) in [6.07, 6.45) is -2.01. The van der Waals surface area contributed by atoms with Gasteiger partial charge in [0.05, 0.1) is 18.4 Å². The predicted octanol–water partition coefficient (Wildman–Crippen LogP) is 3.00. The van der Waals surface area contributed by atoms with Gasteiger partial charge in [-0.15, -0.1) is 0 Å². The summed E-state index contributed by atoms with van der Waals surface area (Å²) < 4.78 is 56.0. The van der Waals surface area contributed by atoms with Crippen LogP contribution in [0.5, 0.6) is 0 Å². The van der Waals surface area contributed by atoms with Gasteiger partial charge in [-0.3, -0.25) is 0 Å². The Bertz CT molecular complexity index is 990. The lowest BCUT2D eigenvalue weighted by atomic mass is 10.1. The van der Waals surface area contributed by atoms with Crippen LogP contribution in [0.3, 0.4) is 0 Å². The molecule has 0 bridgehead atoms. The monoisotopic (exact) mass is 497 g/mol. The van der Waals surface area contributed by atoms with Crippen LogP contribution < -0.4 is 15.5 Å². The fourth-order valence-electron chi connectivity index (χ4n) is 4.46. The minimum absolute atomic E-state index is 0.00176. The molecule has 0 unspecified atom stereocenters. The second kappa shape index (κ2) is 10.9. The van der Waals surface area contributed by atoms with Crippen molar-refractivity contribution in [3.8, 4) is 0 Å². The summed E-state index contributed by atoms with van der Waals surface area (Å²) in [4.78, 5) is 14.0. The number of hydrogen-bond acceptors (Lipinski definition) is 8. The van der Waals surface area contributed by atoms with Crippen molar-refractivity contribution in [3.05, 3.63) is 35.8 Å². The fraction of sp³-hybridized carbons (Fsp3) is 0.565. The Hall–Kier alpha value is -2.70. The van der Waals surface area contributed by atoms with E-state index < -0.39 is 17.6 Å². The topological polar surface area (TPSA) is 79.8 Å². The molecule has 1 aromatic carbocycles. The van der Waals surface area contributed by atoms with Gasteiger partial charge in [-0.1, -0.05) is 0 Å². The number of nitrogens with one attached hydrogen (secondary N) is 2. The van der Waals surface area contributed by atoms with E-state index in [2.05, 4.69) is 30.4 Å². The number of rotatable bonds is 7. The van der Waals surface area contributed by atoms with Crippen LogP contribution in [0.25, 0.3) is 0 Å². The second-order valence-corrected chi connectivity index (χ2v) is 9.02. The third kappa shape index (κ3) is 6.50. The molecule has 12 heteroatoms. The summed E-state index contributed by atoms with van der Waals surface area (Å²) >= 11 is 0. The van der Waals surface area contributed by atoms with Crippen LogP contribution in [0, 0.1) is 5.82 Å². The number of aliphatic hydroxyl groups excluding tert-OH is 1. The van der Waals surface area contributed by atoms with E-state index in [9.17, 15) is 17.6 Å². The minimum Gasteiger partial charge on any atom is -0.395 e. The van der Waals surface area contributed by atoms with Crippen molar-refractivity contribution in [1.29, 1.82) is 0 Å². The fourth-order valence-corrected chi connectivity index (χ4v) is 4.46. The number of halogens is 4. The third-order valence-electron chi connectivity index (χ3n) is 6.49. The Morgan fingerprint density at radius 2 is 1.80 bits per heavy atom. The largest absolute Gasteiger partial charge is 0.418 e. The summed E-state index contributed by atoms with van der Waals surface area (Å²) in [6, 6.07) is 4.06. The highest BCUT2D eigenvalue weighted by molar-refractivity contribution is 5.65. The van der Waals surface area contributed by atoms with Gasteiger partial charge in [0.2, 0.25) is 5.95 Å². The molecule has 1 aromatic heterocycles. The number of aliphatic hydroxyl groups is 1. The van der Waals surface area contributed by atoms with Gasteiger partial charge < -0.3 is 30.4 Å². The number of likely N-dealkylation sites (N-methyl/N-ethyl adjacent to an activating group) is 1. The van der Waals surface area contributed by atoms with Crippen LogP contribution in [-0.4, -0.2) is 90.4 Å². The number of aromatic nitrogens is 2. The van der Waals surface area contributed by atoms with E-state index in [1.807, 2.05) is 7.05 Å². The predicted molar refractivity (Wildman–Crippen MR) is 127 cm³/mol. The standard InChI is InChI=1S/C23H31F4N7O/c1-32-8-10-34(11-9-32)20-3-2-17(14-18(20)23(25,26)27)30-22-28-15-19(24)21(31-22)29-16-4-6-33(7-5-16)12-13-35/h2-3,14-16,35H,4-13H2,1H3,(H2,28,29,30,31). The molecular weight excluding hydrogens is 466 g/mol. The SMILES string of the molecule is CN1CCN(c2ccc(Nc3ncc(F)c(NC4CCN(CCO)CC4)n3)cc2C(F)(F)F)CC1. The maximum absolute atomic E-state index is 14.4. The van der Waals surface area contributed by atoms with Gasteiger partial charge in [-0.2, -0.15) is 18.2 Å². The van der Waals surface area contributed by atoms with E-state index in [0.29, 0.717) is 32.7 Å². The van der Waals surface area contributed by atoms with E-state index >= 15 is 0 Å². The number of likely N-dealkylation sites (tertiary alicyclic amines) is 1. The van der Waals surface area contributed by atoms with Crippen molar-refractivity contribution in [1.82, 2.24) is 19.8 Å². The molecule has 35 heavy (non-hydrogen) atoms. The zero-order valence-electron chi connectivity index (χ0n) is 19.7. The molecule has 4 rings (SSSR count). The highest BCUT2D eigenvalue weighted by Crippen LogP contribution is 2.39. The molecule has 3 N–H and O–H groups in total. The van der Waals surface area contributed by atoms with Crippen LogP contribution in [0.1, 0.15) is 18.4 Å². The first-order valence-electron chi connectivity index (χ1n) is 11.8. The van der Waals surface area contributed by atoms with Gasteiger partial charge >= 0.3 is 6.18 Å². The molecular formula is C23H31F4N7O. The molecule has 2 saturated heterocycles. The lowest BCUT2D eigenvalue weighted by Crippen LogP contribution is -2.45. The number of hydrogen-bond donors (Lipinski definition) is 3. The van der Waals surface area contributed by atoms with Crippen molar-refractivity contribution < 1.29 is 22.7 Å². The summed E-state index contributed by atoms with van der Waals surface area (Å²) in [6.45, 7) is 4.67. The average molecular weight is 498 g/mol. The Balaban J connectivity index is 1.48. The van der Waals surface area contributed by atoms with E-state index in [4.69, 9.17) is 5.11 Å². The maximum Gasteiger partial charge on any atom is 0.418 e. The molecule has 2 aliphatic rings. The van der Waals surface area contributed by atoms with Crippen LogP contribution in [0.4, 0.5) is 40.7 Å². The van der Waals surface area contributed by atoms with Gasteiger partial charge in [0.15, 0.2) is 11.6 Å². The van der Waals surface area contributed by atoms with Gasteiger partial charge in [0.1, 0.15) is 0 Å². The first-order valence-corrected chi connectivity index (χ1v) is 11.8. The van der Waals surface area contributed by atoms with Gasteiger partial charge in [0.25, 0.3) is 0 Å². The van der Waals surface area contributed by atoms with Crippen LogP contribution in [0.15, 0.2) is 24.4 Å². The molecule has 0 aliphatic carbocycles. The number of piperidine rings is 1. The average Bonchev–Trinajstić information content (AvgIpc) is 2.83. The molecule has 0 atom stereocenters. The summed E-state index contributed by atoms with van der Waals surface area (Å²) in [7, 11) is 1.95. The first-order chi connectivity index (χ1) is 16.7. The van der Waals surface area contributed by atoms with Crippen LogP contribution in [-0.2, 0) is 6.18 Å². The lowest BCUT2D eigenvalue weighted by Gasteiger charge is -2.35. The van der Waals surface area contributed by atoms with Crippen molar-refractivity contribution in [2.24, 2.45) is 0 Å². The quantitative estimate of drug-likeness (QED) is 0.504. The Morgan fingerprint density at radius 3 is 2.46 bits per heavy atom. The van der Waals surface area contributed by atoms with E-state index in [1.54, 1.807) is 11.0 Å². The Labute approximate surface area is 201 Å². The van der Waals surface area contributed by atoms with Crippen molar-refractivity contribution in [2.45, 2.75) is 25.1 Å². The second-order valence-electron chi connectivity index (χ2n) is 9.02. The Morgan fingerprint density at radius 1 is 1.09 bits per heavy atom. The number of anilines is 4. The van der Waals surface area contributed by atoms with E-state index in [-0.39, 0.29) is 35.8 Å². The number of alkyl halides is 3. The normalized spacial score (nSPS) is 18.6. The molecule has 3 heterocycles. The van der Waals surface area contributed by atoms with Crippen molar-refractivity contribution in [2.75, 3.05) is 75.0 Å². The molecule has 2 aliphatic heterocycles. The highest BCUT2D eigenvalue weighted by Gasteiger charge is 2.36. The number of benzene rings is 1. The zero-order chi connectivity index (χ0) is 25.0. The molecule has 0 radical (unpaired) electrons. The molecule has 2 aromatic rings. The maximum atomic E-state index is 14.4. The van der Waals surface area contributed by atoms with Gasteiger partial charge in [0, 0.05) is 63.2 Å². The van der Waals surface area contributed by atoms with E-state index in [1.165, 1.54) is 6.07 Å². The summed E-state index contributed by atoms with van der Waals surface area (Å²) in [5, 5.41) is 14.9. The summed E-state index contributed by atoms with van der Waals surface area (Å²) in [5.41, 5.74) is -0.418. The van der Waals surface area contributed by atoms with Crippen LogP contribution >= 0.6 is 0 Å². The van der Waals surface area contributed by atoms with Gasteiger partial charge in [-0.25, -0.2) is 9.37 Å². The number of piperazine rings is 1. The molecule has 2 fully saturated rings. The molecule has 8 nitrogen and oxygen atoms in total. The van der Waals surface area contributed by atoms with E-state index in [0.717, 1.165) is 38.2 Å². The first kappa shape index (κ1) is 25.4. The lowest BCUT2D eigenvalue weighted by molar-refractivity contribution is -0.137. The van der Waals surface area contributed by atoms with Crippen molar-refractivity contribution in [3.63, 3.8) is 0 Å². The summed E-state index contributed by atoms with van der Waals surface area (Å²) in [5.74, 6) is -0.616. The minimum atomic E-state index is -4.53. The van der Waals surface area contributed by atoms with Crippen LogP contribution in [0.2, 0.25) is 0 Å².